The maximum atomic E-state index is 12.1. The van der Waals surface area contributed by atoms with Crippen LogP contribution in [-0.2, 0) is 9.59 Å². The molecule has 0 radical (unpaired) electrons. The van der Waals surface area contributed by atoms with Crippen molar-refractivity contribution in [1.82, 2.24) is 10.2 Å². The third kappa shape index (κ3) is 8.26. The highest BCUT2D eigenvalue weighted by Crippen LogP contribution is 2.26. The van der Waals surface area contributed by atoms with E-state index in [1.54, 1.807) is 4.90 Å². The summed E-state index contributed by atoms with van der Waals surface area (Å²) >= 11 is 1.19. The molecule has 0 heterocycles. The normalized spacial score (nSPS) is 15.3. The van der Waals surface area contributed by atoms with Crippen LogP contribution in [0.2, 0.25) is 0 Å². The minimum absolute atomic E-state index is 0.0261. The molecule has 7 heteroatoms. The van der Waals surface area contributed by atoms with Gasteiger partial charge in [0.1, 0.15) is 6.54 Å². The number of hydrogen-bond acceptors (Lipinski definition) is 4. The molecule has 0 aromatic carbocycles. The highest BCUT2D eigenvalue weighted by molar-refractivity contribution is 8.13. The number of hydrogen-bond donors (Lipinski definition) is 2. The van der Waals surface area contributed by atoms with E-state index >= 15 is 0 Å². The van der Waals surface area contributed by atoms with Crippen LogP contribution in [0.1, 0.15) is 45.4 Å². The van der Waals surface area contributed by atoms with Gasteiger partial charge in [-0.2, -0.15) is 0 Å². The van der Waals surface area contributed by atoms with Crippen molar-refractivity contribution in [3.63, 3.8) is 0 Å². The summed E-state index contributed by atoms with van der Waals surface area (Å²) in [5, 5.41) is 11.1. The number of carboxylic acids is 1. The van der Waals surface area contributed by atoms with Crippen LogP contribution in [-0.4, -0.2) is 52.5 Å². The second-order valence-corrected chi connectivity index (χ2v) is 6.94. The van der Waals surface area contributed by atoms with Gasteiger partial charge in [0.25, 0.3) is 0 Å². The van der Waals surface area contributed by atoms with E-state index in [1.807, 2.05) is 0 Å². The first-order valence-electron chi connectivity index (χ1n) is 7.87. The van der Waals surface area contributed by atoms with Crippen molar-refractivity contribution in [1.29, 1.82) is 0 Å². The maximum Gasteiger partial charge on any atom is 0.323 e. The summed E-state index contributed by atoms with van der Waals surface area (Å²) < 4.78 is 0. The van der Waals surface area contributed by atoms with E-state index in [0.717, 1.165) is 6.42 Å². The number of carbonyl (C=O) groups excluding carboxylic acids is 2. The molecule has 0 bridgehead atoms. The lowest BCUT2D eigenvalue weighted by molar-refractivity contribution is -0.135. The topological polar surface area (TPSA) is 86.7 Å². The van der Waals surface area contributed by atoms with Gasteiger partial charge < -0.3 is 15.3 Å². The summed E-state index contributed by atoms with van der Waals surface area (Å²) in [5.41, 5.74) is 0. The third-order valence-electron chi connectivity index (χ3n) is 3.88. The fourth-order valence-corrected chi connectivity index (χ4v) is 3.29. The second kappa shape index (κ2) is 10.5. The third-order valence-corrected chi connectivity index (χ3v) is 4.67. The van der Waals surface area contributed by atoms with Gasteiger partial charge >= 0.3 is 12.0 Å². The molecule has 1 fully saturated rings. The Morgan fingerprint density at radius 1 is 1.18 bits per heavy atom. The van der Waals surface area contributed by atoms with Gasteiger partial charge in [-0.3, -0.25) is 9.59 Å². The maximum absolute atomic E-state index is 12.1. The van der Waals surface area contributed by atoms with Gasteiger partial charge in [0.15, 0.2) is 5.12 Å². The van der Waals surface area contributed by atoms with Crippen molar-refractivity contribution in [3.05, 3.63) is 0 Å². The zero-order valence-electron chi connectivity index (χ0n) is 13.2. The average Bonchev–Trinajstić information content (AvgIpc) is 2.49. The van der Waals surface area contributed by atoms with Gasteiger partial charge in [0.2, 0.25) is 0 Å². The van der Waals surface area contributed by atoms with Crippen LogP contribution in [0.25, 0.3) is 0 Å². The highest BCUT2D eigenvalue weighted by Gasteiger charge is 2.18. The SMILES string of the molecule is CC(=O)SCCN(CCC1CCCCC1)C(=O)NCC(=O)O. The quantitative estimate of drug-likeness (QED) is 0.713. The fourth-order valence-electron chi connectivity index (χ4n) is 2.69. The molecule has 0 aromatic heterocycles. The predicted octanol–water partition coefficient (Wildman–Crippen LogP) is 2.33. The van der Waals surface area contributed by atoms with Crippen molar-refractivity contribution in [2.24, 2.45) is 5.92 Å². The second-order valence-electron chi connectivity index (χ2n) is 5.67. The van der Waals surface area contributed by atoms with E-state index in [2.05, 4.69) is 5.32 Å². The summed E-state index contributed by atoms with van der Waals surface area (Å²) in [5.74, 6) is 0.142. The van der Waals surface area contributed by atoms with Gasteiger partial charge in [-0.05, 0) is 12.3 Å². The molecule has 1 aliphatic rings. The lowest BCUT2D eigenvalue weighted by Gasteiger charge is -2.27. The number of nitrogens with zero attached hydrogens (tertiary/aromatic N) is 1. The first kappa shape index (κ1) is 18.8. The number of urea groups is 1. The number of carbonyl (C=O) groups is 3. The number of rotatable bonds is 8. The number of aliphatic carboxylic acids is 1. The van der Waals surface area contributed by atoms with Crippen molar-refractivity contribution in [2.45, 2.75) is 45.4 Å². The summed E-state index contributed by atoms with van der Waals surface area (Å²) in [6.07, 6.45) is 7.20. The Labute approximate surface area is 136 Å². The molecule has 1 aliphatic carbocycles. The molecule has 0 aromatic rings. The molecule has 0 atom stereocenters. The lowest BCUT2D eigenvalue weighted by atomic mass is 9.87. The monoisotopic (exact) mass is 330 g/mol. The predicted molar refractivity (Wildman–Crippen MR) is 86.9 cm³/mol. The number of amides is 2. The zero-order chi connectivity index (χ0) is 16.4. The molecule has 1 saturated carbocycles. The van der Waals surface area contributed by atoms with Crippen LogP contribution in [0.15, 0.2) is 0 Å². The lowest BCUT2D eigenvalue weighted by Crippen LogP contribution is -2.44. The standard InChI is InChI=1S/C15H26N2O4S/c1-12(18)22-10-9-17(15(21)16-11-14(19)20)8-7-13-5-3-2-4-6-13/h13H,2-11H2,1H3,(H,16,21)(H,19,20). The van der Waals surface area contributed by atoms with Gasteiger partial charge in [0, 0.05) is 25.8 Å². The molecule has 0 spiro atoms. The van der Waals surface area contributed by atoms with Crippen molar-refractivity contribution < 1.29 is 19.5 Å². The average molecular weight is 330 g/mol. The minimum atomic E-state index is -1.06. The Morgan fingerprint density at radius 2 is 1.86 bits per heavy atom. The Hall–Kier alpha value is -1.24. The molecule has 0 aliphatic heterocycles. The molecule has 0 unspecified atom stereocenters. The van der Waals surface area contributed by atoms with E-state index in [1.165, 1.54) is 50.8 Å². The number of thioether (sulfide) groups is 1. The molecule has 1 rings (SSSR count). The Morgan fingerprint density at radius 3 is 2.45 bits per heavy atom. The molecule has 22 heavy (non-hydrogen) atoms. The van der Waals surface area contributed by atoms with Gasteiger partial charge in [-0.25, -0.2) is 4.79 Å². The van der Waals surface area contributed by atoms with E-state index < -0.39 is 5.97 Å². The summed E-state index contributed by atoms with van der Waals surface area (Å²) in [6.45, 7) is 2.21. The molecule has 6 nitrogen and oxygen atoms in total. The van der Waals surface area contributed by atoms with Crippen LogP contribution in [0.4, 0.5) is 4.79 Å². The van der Waals surface area contributed by atoms with Crippen LogP contribution >= 0.6 is 11.8 Å². The summed E-state index contributed by atoms with van der Waals surface area (Å²) in [4.78, 5) is 35.2. The van der Waals surface area contributed by atoms with Gasteiger partial charge in [-0.1, -0.05) is 43.9 Å². The summed E-state index contributed by atoms with van der Waals surface area (Å²) in [6, 6.07) is -0.359. The number of carboxylic acid groups (broad SMARTS) is 1. The fraction of sp³-hybridized carbons (Fsp3) is 0.800. The van der Waals surface area contributed by atoms with Gasteiger partial charge in [0.05, 0.1) is 0 Å². The highest BCUT2D eigenvalue weighted by atomic mass is 32.2. The molecule has 0 saturated heterocycles. The first-order valence-corrected chi connectivity index (χ1v) is 8.85. The van der Waals surface area contributed by atoms with Crippen LogP contribution in [0, 0.1) is 5.92 Å². The van der Waals surface area contributed by atoms with E-state index in [9.17, 15) is 14.4 Å². The summed E-state index contributed by atoms with van der Waals surface area (Å²) in [7, 11) is 0. The largest absolute Gasteiger partial charge is 0.480 e. The Bertz CT molecular complexity index is 384. The molecule has 2 amide bonds. The van der Waals surface area contributed by atoms with E-state index in [0.29, 0.717) is 24.8 Å². The van der Waals surface area contributed by atoms with E-state index in [-0.39, 0.29) is 17.7 Å². The Kier molecular flexibility index (Phi) is 8.96. The van der Waals surface area contributed by atoms with Crippen molar-refractivity contribution in [2.75, 3.05) is 25.4 Å². The molecule has 2 N–H and O–H groups in total. The van der Waals surface area contributed by atoms with Crippen LogP contribution < -0.4 is 5.32 Å². The first-order chi connectivity index (χ1) is 10.5. The van der Waals surface area contributed by atoms with E-state index in [4.69, 9.17) is 5.11 Å². The van der Waals surface area contributed by atoms with Crippen LogP contribution in [0.5, 0.6) is 0 Å². The smallest absolute Gasteiger partial charge is 0.323 e. The van der Waals surface area contributed by atoms with Gasteiger partial charge in [-0.15, -0.1) is 0 Å². The minimum Gasteiger partial charge on any atom is -0.480 e. The zero-order valence-corrected chi connectivity index (χ0v) is 14.0. The van der Waals surface area contributed by atoms with Crippen molar-refractivity contribution >= 4 is 28.9 Å². The van der Waals surface area contributed by atoms with Crippen LogP contribution in [0.3, 0.4) is 0 Å². The number of nitrogens with one attached hydrogen (secondary N) is 1. The molecular formula is C15H26N2O4S. The van der Waals surface area contributed by atoms with Crippen molar-refractivity contribution in [3.8, 4) is 0 Å². The molecule has 126 valence electrons. The Balaban J connectivity index is 2.42. The molecular weight excluding hydrogens is 304 g/mol.